The lowest BCUT2D eigenvalue weighted by Crippen LogP contribution is -2.30. The molecular weight excluding hydrogens is 212 g/mol. The van der Waals surface area contributed by atoms with Gasteiger partial charge in [-0.2, -0.15) is 0 Å². The quantitative estimate of drug-likeness (QED) is 0.740. The Morgan fingerprint density at radius 1 is 1.29 bits per heavy atom. The molecule has 1 rings (SSSR count). The van der Waals surface area contributed by atoms with E-state index in [-0.39, 0.29) is 0 Å². The predicted octanol–water partition coefficient (Wildman–Crippen LogP) is 2.97. The summed E-state index contributed by atoms with van der Waals surface area (Å²) in [5, 5.41) is 3.49. The molecule has 0 saturated heterocycles. The van der Waals surface area contributed by atoms with Gasteiger partial charge < -0.3 is 14.6 Å². The Labute approximate surface area is 105 Å². The highest BCUT2D eigenvalue weighted by Crippen LogP contribution is 2.15. The Kier molecular flexibility index (Phi) is 5.72. The predicted molar refractivity (Wildman–Crippen MR) is 72.2 cm³/mol. The fourth-order valence-electron chi connectivity index (χ4n) is 1.69. The van der Waals surface area contributed by atoms with Crippen LogP contribution in [0, 0.1) is 6.92 Å². The zero-order valence-corrected chi connectivity index (χ0v) is 11.8. The van der Waals surface area contributed by atoms with E-state index in [9.17, 15) is 0 Å². The highest BCUT2D eigenvalue weighted by Gasteiger charge is 2.08. The molecule has 0 aromatic carbocycles. The van der Waals surface area contributed by atoms with Crippen molar-refractivity contribution in [2.45, 2.75) is 46.2 Å². The molecule has 1 unspecified atom stereocenters. The average Bonchev–Trinajstić information content (AvgIpc) is 2.70. The standard InChI is InChI=1S/C14H26N2O/c1-11(2)16(5)10-6-9-15-13(4)14-8-7-12(3)17-14/h7-8,11,13,15H,6,9-10H2,1-5H3. The van der Waals surface area contributed by atoms with E-state index >= 15 is 0 Å². The summed E-state index contributed by atoms with van der Waals surface area (Å²) < 4.78 is 5.59. The third kappa shape index (κ3) is 4.92. The summed E-state index contributed by atoms with van der Waals surface area (Å²) in [5.74, 6) is 2.01. The van der Waals surface area contributed by atoms with Gasteiger partial charge in [0.1, 0.15) is 11.5 Å². The first-order valence-electron chi connectivity index (χ1n) is 6.50. The number of nitrogens with zero attached hydrogens (tertiary/aromatic N) is 1. The molecule has 1 atom stereocenters. The van der Waals surface area contributed by atoms with Crippen LogP contribution in [-0.4, -0.2) is 31.1 Å². The number of furan rings is 1. The van der Waals surface area contributed by atoms with Gasteiger partial charge in [-0.3, -0.25) is 0 Å². The fraction of sp³-hybridized carbons (Fsp3) is 0.714. The largest absolute Gasteiger partial charge is 0.465 e. The van der Waals surface area contributed by atoms with Gasteiger partial charge in [0.05, 0.1) is 6.04 Å². The van der Waals surface area contributed by atoms with E-state index < -0.39 is 0 Å². The van der Waals surface area contributed by atoms with Crippen LogP contribution in [0.4, 0.5) is 0 Å². The molecule has 0 amide bonds. The van der Waals surface area contributed by atoms with Gasteiger partial charge >= 0.3 is 0 Å². The zero-order valence-electron chi connectivity index (χ0n) is 11.8. The summed E-state index contributed by atoms with van der Waals surface area (Å²) in [6, 6.07) is 4.99. The molecule has 0 fully saturated rings. The topological polar surface area (TPSA) is 28.4 Å². The zero-order chi connectivity index (χ0) is 12.8. The Hall–Kier alpha value is -0.800. The maximum absolute atomic E-state index is 5.59. The van der Waals surface area contributed by atoms with Crippen LogP contribution in [0.1, 0.15) is 44.8 Å². The van der Waals surface area contributed by atoms with Gasteiger partial charge in [0, 0.05) is 6.04 Å². The van der Waals surface area contributed by atoms with Crippen LogP contribution < -0.4 is 5.32 Å². The smallest absolute Gasteiger partial charge is 0.120 e. The van der Waals surface area contributed by atoms with Gasteiger partial charge in [0.2, 0.25) is 0 Å². The molecule has 0 spiro atoms. The van der Waals surface area contributed by atoms with Gasteiger partial charge in [-0.1, -0.05) is 0 Å². The van der Waals surface area contributed by atoms with Crippen LogP contribution in [0.3, 0.4) is 0 Å². The average molecular weight is 238 g/mol. The highest BCUT2D eigenvalue weighted by molar-refractivity contribution is 5.08. The summed E-state index contributed by atoms with van der Waals surface area (Å²) in [4.78, 5) is 2.36. The second-order valence-electron chi connectivity index (χ2n) is 5.05. The summed E-state index contributed by atoms with van der Waals surface area (Å²) >= 11 is 0. The summed E-state index contributed by atoms with van der Waals surface area (Å²) in [7, 11) is 2.17. The van der Waals surface area contributed by atoms with E-state index in [2.05, 4.69) is 38.0 Å². The number of hydrogen-bond acceptors (Lipinski definition) is 3. The Morgan fingerprint density at radius 2 is 2.00 bits per heavy atom. The number of rotatable bonds is 7. The van der Waals surface area contributed by atoms with E-state index in [1.807, 2.05) is 19.1 Å². The lowest BCUT2D eigenvalue weighted by atomic mass is 10.2. The minimum Gasteiger partial charge on any atom is -0.465 e. The van der Waals surface area contributed by atoms with Crippen LogP contribution in [0.2, 0.25) is 0 Å². The molecule has 1 heterocycles. The van der Waals surface area contributed by atoms with Crippen LogP contribution in [-0.2, 0) is 0 Å². The molecule has 0 aliphatic heterocycles. The van der Waals surface area contributed by atoms with E-state index in [0.29, 0.717) is 12.1 Å². The van der Waals surface area contributed by atoms with Crippen molar-refractivity contribution in [1.82, 2.24) is 10.2 Å². The van der Waals surface area contributed by atoms with Crippen LogP contribution in [0.15, 0.2) is 16.5 Å². The summed E-state index contributed by atoms with van der Waals surface area (Å²) in [6.07, 6.45) is 1.17. The van der Waals surface area contributed by atoms with Crippen molar-refractivity contribution >= 4 is 0 Å². The van der Waals surface area contributed by atoms with E-state index in [1.165, 1.54) is 6.42 Å². The molecule has 98 valence electrons. The SMILES string of the molecule is Cc1ccc(C(C)NCCCN(C)C(C)C)o1. The molecule has 0 bridgehead atoms. The molecule has 0 saturated carbocycles. The molecule has 1 aromatic rings. The monoisotopic (exact) mass is 238 g/mol. The van der Waals surface area contributed by atoms with Gasteiger partial charge in [0.15, 0.2) is 0 Å². The molecule has 0 radical (unpaired) electrons. The Bertz CT molecular complexity index is 320. The number of aryl methyl sites for hydroxylation is 1. The van der Waals surface area contributed by atoms with Gasteiger partial charge in [0.25, 0.3) is 0 Å². The number of hydrogen-bond donors (Lipinski definition) is 1. The summed E-state index contributed by atoms with van der Waals surface area (Å²) in [6.45, 7) is 10.7. The van der Waals surface area contributed by atoms with Crippen LogP contribution in [0.25, 0.3) is 0 Å². The van der Waals surface area contributed by atoms with Crippen molar-refractivity contribution in [1.29, 1.82) is 0 Å². The molecular formula is C14H26N2O. The maximum Gasteiger partial charge on any atom is 0.120 e. The lowest BCUT2D eigenvalue weighted by molar-refractivity contribution is 0.267. The van der Waals surface area contributed by atoms with Gasteiger partial charge in [-0.05, 0) is 66.4 Å². The van der Waals surface area contributed by atoms with Gasteiger partial charge in [-0.25, -0.2) is 0 Å². The second kappa shape index (κ2) is 6.82. The van der Waals surface area contributed by atoms with E-state index in [0.717, 1.165) is 24.6 Å². The first kappa shape index (κ1) is 14.3. The Balaban J connectivity index is 2.19. The fourth-order valence-corrected chi connectivity index (χ4v) is 1.69. The highest BCUT2D eigenvalue weighted by atomic mass is 16.3. The molecule has 0 aliphatic carbocycles. The van der Waals surface area contributed by atoms with E-state index in [4.69, 9.17) is 4.42 Å². The molecule has 3 nitrogen and oxygen atoms in total. The molecule has 1 aromatic heterocycles. The summed E-state index contributed by atoms with van der Waals surface area (Å²) in [5.41, 5.74) is 0. The molecule has 17 heavy (non-hydrogen) atoms. The normalized spacial score (nSPS) is 13.6. The van der Waals surface area contributed by atoms with Crippen molar-refractivity contribution in [3.63, 3.8) is 0 Å². The molecule has 1 N–H and O–H groups in total. The minimum absolute atomic E-state index is 0.299. The molecule has 0 aliphatic rings. The minimum atomic E-state index is 0.299. The van der Waals surface area contributed by atoms with Crippen molar-refractivity contribution in [2.75, 3.05) is 20.1 Å². The van der Waals surface area contributed by atoms with Crippen LogP contribution >= 0.6 is 0 Å². The lowest BCUT2D eigenvalue weighted by Gasteiger charge is -2.21. The van der Waals surface area contributed by atoms with E-state index in [1.54, 1.807) is 0 Å². The van der Waals surface area contributed by atoms with Crippen molar-refractivity contribution < 1.29 is 4.42 Å². The third-order valence-corrected chi connectivity index (χ3v) is 3.21. The Morgan fingerprint density at radius 3 is 2.53 bits per heavy atom. The third-order valence-electron chi connectivity index (χ3n) is 3.21. The maximum atomic E-state index is 5.59. The van der Waals surface area contributed by atoms with Crippen LogP contribution in [0.5, 0.6) is 0 Å². The first-order valence-corrected chi connectivity index (χ1v) is 6.50. The van der Waals surface area contributed by atoms with Crippen molar-refractivity contribution in [3.05, 3.63) is 23.7 Å². The van der Waals surface area contributed by atoms with Crippen molar-refractivity contribution in [2.24, 2.45) is 0 Å². The van der Waals surface area contributed by atoms with Gasteiger partial charge in [-0.15, -0.1) is 0 Å². The number of nitrogens with one attached hydrogen (secondary N) is 1. The van der Waals surface area contributed by atoms with Crippen molar-refractivity contribution in [3.8, 4) is 0 Å². The first-order chi connectivity index (χ1) is 8.00. The molecule has 3 heteroatoms. The second-order valence-corrected chi connectivity index (χ2v) is 5.05.